The van der Waals surface area contributed by atoms with Gasteiger partial charge in [-0.1, -0.05) is 0 Å². The van der Waals surface area contributed by atoms with E-state index in [0.717, 1.165) is 36.5 Å². The molecule has 2 rings (SSSR count). The Bertz CT molecular complexity index is 453. The van der Waals surface area contributed by atoms with Gasteiger partial charge in [0.05, 0.1) is 29.6 Å². The molecule has 0 amide bonds. The van der Waals surface area contributed by atoms with E-state index >= 15 is 0 Å². The van der Waals surface area contributed by atoms with Gasteiger partial charge in [-0.25, -0.2) is 0 Å². The highest BCUT2D eigenvalue weighted by Crippen LogP contribution is 2.36. The van der Waals surface area contributed by atoms with E-state index in [9.17, 15) is 5.11 Å². The smallest absolute Gasteiger partial charge is 0.115 e. The summed E-state index contributed by atoms with van der Waals surface area (Å²) in [6.07, 6.45) is 1.15. The molecule has 0 saturated carbocycles. The number of aromatic nitrogens is 2. The van der Waals surface area contributed by atoms with Crippen LogP contribution in [0.5, 0.6) is 0 Å². The van der Waals surface area contributed by atoms with Crippen LogP contribution in [0.1, 0.15) is 45.5 Å². The second-order valence-electron chi connectivity index (χ2n) is 6.07. The van der Waals surface area contributed by atoms with Crippen molar-refractivity contribution in [3.63, 3.8) is 0 Å². The van der Waals surface area contributed by atoms with E-state index in [0.29, 0.717) is 0 Å². The highest BCUT2D eigenvalue weighted by atomic mass is 79.9. The molecule has 0 aromatic carbocycles. The summed E-state index contributed by atoms with van der Waals surface area (Å²) in [7, 11) is 0. The minimum absolute atomic E-state index is 0.214. The first-order chi connectivity index (χ1) is 9.35. The van der Waals surface area contributed by atoms with Crippen molar-refractivity contribution in [1.29, 1.82) is 0 Å². The number of morpholine rings is 1. The number of hydrogen-bond donors (Lipinski definition) is 1. The minimum atomic E-state index is -0.611. The Labute approximate surface area is 129 Å². The molecule has 0 aliphatic carbocycles. The molecule has 1 aliphatic heterocycles. The molecule has 0 radical (unpaired) electrons. The lowest BCUT2D eigenvalue weighted by Crippen LogP contribution is -2.53. The van der Waals surface area contributed by atoms with E-state index in [1.54, 1.807) is 6.20 Å². The number of hydrogen-bond acceptors (Lipinski definition) is 4. The molecule has 1 aliphatic rings. The Kier molecular flexibility index (Phi) is 4.89. The predicted molar refractivity (Wildman–Crippen MR) is 81.7 cm³/mol. The second-order valence-corrected chi connectivity index (χ2v) is 6.93. The molecule has 1 atom stereocenters. The summed E-state index contributed by atoms with van der Waals surface area (Å²) < 4.78 is 8.15. The Morgan fingerprint density at radius 2 is 1.95 bits per heavy atom. The maximum Gasteiger partial charge on any atom is 0.115 e. The molecule has 1 N–H and O–H groups in total. The molecule has 1 aromatic rings. The molecule has 5 nitrogen and oxygen atoms in total. The first-order valence-corrected chi connectivity index (χ1v) is 7.88. The summed E-state index contributed by atoms with van der Waals surface area (Å²) in [6, 6.07) is 0.214. The van der Waals surface area contributed by atoms with Gasteiger partial charge in [0.15, 0.2) is 0 Å². The first kappa shape index (κ1) is 15.9. The lowest BCUT2D eigenvalue weighted by atomic mass is 9.91. The summed E-state index contributed by atoms with van der Waals surface area (Å²) in [5.74, 6) is 0. The predicted octanol–water partition coefficient (Wildman–Crippen LogP) is 2.37. The van der Waals surface area contributed by atoms with E-state index in [1.807, 2.05) is 4.68 Å². The maximum atomic E-state index is 10.9. The van der Waals surface area contributed by atoms with Crippen LogP contribution in [0.3, 0.4) is 0 Å². The molecule has 114 valence electrons. The molecule has 1 fully saturated rings. The monoisotopic (exact) mass is 345 g/mol. The number of aliphatic hydroxyl groups is 1. The third-order valence-corrected chi connectivity index (χ3v) is 4.64. The van der Waals surface area contributed by atoms with Crippen molar-refractivity contribution in [2.24, 2.45) is 0 Å². The summed E-state index contributed by atoms with van der Waals surface area (Å²) >= 11 is 3.52. The zero-order valence-electron chi connectivity index (χ0n) is 12.6. The lowest BCUT2D eigenvalue weighted by Gasteiger charge is -2.44. The molecule has 1 saturated heterocycles. The lowest BCUT2D eigenvalue weighted by molar-refractivity contribution is -0.0659. The summed E-state index contributed by atoms with van der Waals surface area (Å²) in [6.45, 7) is 11.4. The van der Waals surface area contributed by atoms with Crippen molar-refractivity contribution in [2.45, 2.75) is 45.4 Å². The third kappa shape index (κ3) is 2.93. The molecule has 6 heteroatoms. The highest BCUT2D eigenvalue weighted by Gasteiger charge is 2.39. The fourth-order valence-electron chi connectivity index (χ4n) is 2.67. The Balaban J connectivity index is 2.29. The van der Waals surface area contributed by atoms with E-state index in [1.165, 1.54) is 0 Å². The van der Waals surface area contributed by atoms with Crippen LogP contribution >= 0.6 is 15.9 Å². The zero-order valence-corrected chi connectivity index (χ0v) is 14.2. The average Bonchev–Trinajstić information content (AvgIpc) is 2.80. The number of rotatable bonds is 4. The topological polar surface area (TPSA) is 50.5 Å². The number of ether oxygens (including phenoxy) is 1. The van der Waals surface area contributed by atoms with Crippen LogP contribution in [0, 0.1) is 0 Å². The number of nitrogens with zero attached hydrogens (tertiary/aromatic N) is 3. The highest BCUT2D eigenvalue weighted by molar-refractivity contribution is 9.10. The van der Waals surface area contributed by atoms with Crippen molar-refractivity contribution in [1.82, 2.24) is 14.7 Å². The fourth-order valence-corrected chi connectivity index (χ4v) is 3.16. The van der Waals surface area contributed by atoms with Crippen LogP contribution in [0.2, 0.25) is 0 Å². The van der Waals surface area contributed by atoms with Crippen LogP contribution in [-0.4, -0.2) is 51.6 Å². The normalized spacial score (nSPS) is 19.6. The SMILES string of the molecule is CC(C)n1ncc(Br)c1C(O)C(C)(C)N1CCOCC1. The maximum absolute atomic E-state index is 10.9. The van der Waals surface area contributed by atoms with Crippen molar-refractivity contribution in [3.05, 3.63) is 16.4 Å². The van der Waals surface area contributed by atoms with Crippen LogP contribution in [0.25, 0.3) is 0 Å². The quantitative estimate of drug-likeness (QED) is 0.910. The Morgan fingerprint density at radius 1 is 1.35 bits per heavy atom. The second kappa shape index (κ2) is 6.13. The van der Waals surface area contributed by atoms with Crippen molar-refractivity contribution in [3.8, 4) is 0 Å². The molecule has 1 unspecified atom stereocenters. The fraction of sp³-hybridized carbons (Fsp3) is 0.786. The van der Waals surface area contributed by atoms with Gasteiger partial charge in [0.25, 0.3) is 0 Å². The number of halogens is 1. The van der Waals surface area contributed by atoms with Gasteiger partial charge in [-0.15, -0.1) is 0 Å². The Morgan fingerprint density at radius 3 is 2.50 bits per heavy atom. The van der Waals surface area contributed by atoms with Crippen molar-refractivity contribution in [2.75, 3.05) is 26.3 Å². The molecular formula is C14H24BrN3O2. The zero-order chi connectivity index (χ0) is 14.9. The van der Waals surface area contributed by atoms with Gasteiger partial charge in [-0.3, -0.25) is 9.58 Å². The molecule has 2 heterocycles. The molecule has 1 aromatic heterocycles. The molecule has 0 spiro atoms. The van der Waals surface area contributed by atoms with Crippen molar-refractivity contribution >= 4 is 15.9 Å². The van der Waals surface area contributed by atoms with Gasteiger partial charge in [0.2, 0.25) is 0 Å². The average molecular weight is 346 g/mol. The number of aliphatic hydroxyl groups excluding tert-OH is 1. The van der Waals surface area contributed by atoms with E-state index in [4.69, 9.17) is 4.74 Å². The van der Waals surface area contributed by atoms with Gasteiger partial charge < -0.3 is 9.84 Å². The summed E-state index contributed by atoms with van der Waals surface area (Å²) in [5.41, 5.74) is 0.482. The van der Waals surface area contributed by atoms with Gasteiger partial charge in [0, 0.05) is 24.7 Å². The molecular weight excluding hydrogens is 322 g/mol. The summed E-state index contributed by atoms with van der Waals surface area (Å²) in [5, 5.41) is 15.3. The van der Waals surface area contributed by atoms with Crippen LogP contribution in [0.4, 0.5) is 0 Å². The van der Waals surface area contributed by atoms with Crippen molar-refractivity contribution < 1.29 is 9.84 Å². The van der Waals surface area contributed by atoms with Gasteiger partial charge in [-0.2, -0.15) is 5.10 Å². The van der Waals surface area contributed by atoms with Gasteiger partial charge >= 0.3 is 0 Å². The van der Waals surface area contributed by atoms with Gasteiger partial charge in [-0.05, 0) is 43.6 Å². The third-order valence-electron chi connectivity index (χ3n) is 4.03. The summed E-state index contributed by atoms with van der Waals surface area (Å²) in [4.78, 5) is 2.28. The largest absolute Gasteiger partial charge is 0.385 e. The first-order valence-electron chi connectivity index (χ1n) is 7.09. The Hall–Kier alpha value is -0.430. The standard InChI is InChI=1S/C14H24BrN3O2/c1-10(2)18-12(11(15)9-16-18)13(19)14(3,4)17-5-7-20-8-6-17/h9-10,13,19H,5-8H2,1-4H3. The van der Waals surface area contributed by atoms with E-state index in [-0.39, 0.29) is 11.6 Å². The van der Waals surface area contributed by atoms with E-state index in [2.05, 4.69) is 53.6 Å². The molecule has 20 heavy (non-hydrogen) atoms. The van der Waals surface area contributed by atoms with Crippen LogP contribution < -0.4 is 0 Å². The minimum Gasteiger partial charge on any atom is -0.385 e. The van der Waals surface area contributed by atoms with Crippen LogP contribution in [0.15, 0.2) is 10.7 Å². The van der Waals surface area contributed by atoms with Gasteiger partial charge in [0.1, 0.15) is 6.10 Å². The van der Waals surface area contributed by atoms with Crippen LogP contribution in [-0.2, 0) is 4.74 Å². The van der Waals surface area contributed by atoms with E-state index < -0.39 is 6.10 Å². The molecule has 0 bridgehead atoms.